The minimum absolute atomic E-state index is 0.00537. The second-order valence-electron chi connectivity index (χ2n) is 8.47. The van der Waals surface area contributed by atoms with Crippen molar-refractivity contribution in [3.63, 3.8) is 0 Å². The lowest BCUT2D eigenvalue weighted by Gasteiger charge is -2.43. The van der Waals surface area contributed by atoms with Crippen LogP contribution in [0.1, 0.15) is 42.9 Å². The van der Waals surface area contributed by atoms with Crippen LogP contribution in [-0.4, -0.2) is 42.1 Å². The summed E-state index contributed by atoms with van der Waals surface area (Å²) in [5, 5.41) is 3.14. The van der Waals surface area contributed by atoms with Crippen molar-refractivity contribution >= 4 is 17.6 Å². The van der Waals surface area contributed by atoms with Crippen molar-refractivity contribution in [2.45, 2.75) is 52.7 Å². The number of nitrogens with zero attached hydrogens (tertiary/aromatic N) is 1. The SMILES string of the molecule is CCC(=O)OC1CCC[N+](CC(=O)Nc2c(C)cccc2C)(Cc2ccccc2)C1. The van der Waals surface area contributed by atoms with Crippen LogP contribution in [0, 0.1) is 13.8 Å². The van der Waals surface area contributed by atoms with Gasteiger partial charge < -0.3 is 14.5 Å². The molecule has 5 nitrogen and oxygen atoms in total. The molecule has 1 fully saturated rings. The number of piperidine rings is 1. The van der Waals surface area contributed by atoms with Crippen LogP contribution >= 0.6 is 0 Å². The number of nitrogens with one attached hydrogen (secondary N) is 1. The van der Waals surface area contributed by atoms with Crippen molar-refractivity contribution in [1.82, 2.24) is 0 Å². The third kappa shape index (κ3) is 5.70. The number of hydrogen-bond acceptors (Lipinski definition) is 3. The van der Waals surface area contributed by atoms with E-state index in [2.05, 4.69) is 17.4 Å². The number of benzene rings is 2. The summed E-state index contributed by atoms with van der Waals surface area (Å²) in [5.74, 6) is -0.162. The zero-order valence-corrected chi connectivity index (χ0v) is 18.3. The highest BCUT2D eigenvalue weighted by molar-refractivity contribution is 5.93. The Balaban J connectivity index is 1.80. The van der Waals surface area contributed by atoms with Crippen LogP contribution in [0.2, 0.25) is 0 Å². The van der Waals surface area contributed by atoms with E-state index in [1.54, 1.807) is 0 Å². The number of carbonyl (C=O) groups excluding carboxylic acids is 2. The second-order valence-corrected chi connectivity index (χ2v) is 8.47. The molecule has 160 valence electrons. The Morgan fingerprint density at radius 2 is 1.77 bits per heavy atom. The van der Waals surface area contributed by atoms with E-state index in [9.17, 15) is 9.59 Å². The summed E-state index contributed by atoms with van der Waals surface area (Å²) < 4.78 is 6.28. The lowest BCUT2D eigenvalue weighted by molar-refractivity contribution is -0.940. The zero-order chi connectivity index (χ0) is 21.6. The van der Waals surface area contributed by atoms with Crippen molar-refractivity contribution in [2.24, 2.45) is 0 Å². The van der Waals surface area contributed by atoms with E-state index < -0.39 is 0 Å². The molecule has 1 N–H and O–H groups in total. The number of rotatable bonds is 7. The number of aryl methyl sites for hydroxylation is 2. The number of hydrogen-bond donors (Lipinski definition) is 1. The molecule has 0 bridgehead atoms. The van der Waals surface area contributed by atoms with Gasteiger partial charge in [0.05, 0.1) is 6.54 Å². The van der Waals surface area contributed by atoms with Gasteiger partial charge in [-0.15, -0.1) is 0 Å². The molecule has 30 heavy (non-hydrogen) atoms. The summed E-state index contributed by atoms with van der Waals surface area (Å²) >= 11 is 0. The molecule has 2 atom stereocenters. The minimum atomic E-state index is -0.167. The molecular weight excluding hydrogens is 376 g/mol. The van der Waals surface area contributed by atoms with Gasteiger partial charge in [-0.2, -0.15) is 0 Å². The van der Waals surface area contributed by atoms with Crippen LogP contribution in [-0.2, 0) is 20.9 Å². The maximum Gasteiger partial charge on any atom is 0.305 e. The smallest absolute Gasteiger partial charge is 0.305 e. The highest BCUT2D eigenvalue weighted by atomic mass is 16.5. The number of para-hydroxylation sites is 1. The fourth-order valence-electron chi connectivity index (χ4n) is 4.44. The molecule has 5 heteroatoms. The molecule has 0 saturated carbocycles. The van der Waals surface area contributed by atoms with Gasteiger partial charge in [0.1, 0.15) is 13.1 Å². The van der Waals surface area contributed by atoms with Crippen LogP contribution in [0.15, 0.2) is 48.5 Å². The number of carbonyl (C=O) groups is 2. The van der Waals surface area contributed by atoms with Gasteiger partial charge in [-0.3, -0.25) is 9.59 Å². The van der Waals surface area contributed by atoms with Crippen molar-refractivity contribution in [2.75, 3.05) is 25.0 Å². The van der Waals surface area contributed by atoms with E-state index in [0.717, 1.165) is 42.7 Å². The number of esters is 1. The van der Waals surface area contributed by atoms with Crippen molar-refractivity contribution < 1.29 is 18.8 Å². The lowest BCUT2D eigenvalue weighted by Crippen LogP contribution is -2.58. The zero-order valence-electron chi connectivity index (χ0n) is 18.3. The highest BCUT2D eigenvalue weighted by Gasteiger charge is 2.38. The molecular formula is C25H33N2O3+. The monoisotopic (exact) mass is 409 g/mol. The fourth-order valence-corrected chi connectivity index (χ4v) is 4.44. The molecule has 0 radical (unpaired) electrons. The molecule has 0 spiro atoms. The van der Waals surface area contributed by atoms with Gasteiger partial charge in [0.15, 0.2) is 12.6 Å². The molecule has 2 aromatic carbocycles. The first-order valence-electron chi connectivity index (χ1n) is 10.9. The molecule has 1 saturated heterocycles. The minimum Gasteiger partial charge on any atom is -0.456 e. The fraction of sp³-hybridized carbons (Fsp3) is 0.440. The van der Waals surface area contributed by atoms with Gasteiger partial charge in [-0.25, -0.2) is 0 Å². The Morgan fingerprint density at radius 3 is 2.43 bits per heavy atom. The maximum atomic E-state index is 13.1. The highest BCUT2D eigenvalue weighted by Crippen LogP contribution is 2.26. The lowest BCUT2D eigenvalue weighted by atomic mass is 10.0. The van der Waals surface area contributed by atoms with Crippen LogP contribution in [0.4, 0.5) is 5.69 Å². The quantitative estimate of drug-likeness (QED) is 0.546. The van der Waals surface area contributed by atoms with Gasteiger partial charge in [0.25, 0.3) is 5.91 Å². The average Bonchev–Trinajstić information content (AvgIpc) is 2.71. The van der Waals surface area contributed by atoms with Crippen molar-refractivity contribution in [3.8, 4) is 0 Å². The summed E-state index contributed by atoms with van der Waals surface area (Å²) in [6.07, 6.45) is 2.04. The Bertz CT molecular complexity index is 861. The van der Waals surface area contributed by atoms with Crippen LogP contribution in [0.5, 0.6) is 0 Å². The Hall–Kier alpha value is -2.66. The van der Waals surface area contributed by atoms with E-state index in [1.165, 1.54) is 5.56 Å². The van der Waals surface area contributed by atoms with E-state index >= 15 is 0 Å². The van der Waals surface area contributed by atoms with Crippen LogP contribution in [0.25, 0.3) is 0 Å². The molecule has 0 aliphatic carbocycles. The normalized spacial score (nSPS) is 21.1. The summed E-state index contributed by atoms with van der Waals surface area (Å²) in [6.45, 7) is 8.52. The number of ether oxygens (including phenoxy) is 1. The topological polar surface area (TPSA) is 55.4 Å². The van der Waals surface area contributed by atoms with Gasteiger partial charge in [-0.1, -0.05) is 55.5 Å². The Kier molecular flexibility index (Phi) is 7.27. The first kappa shape index (κ1) is 22.0. The van der Waals surface area contributed by atoms with Gasteiger partial charge in [-0.05, 0) is 31.4 Å². The van der Waals surface area contributed by atoms with E-state index in [-0.39, 0.29) is 18.0 Å². The van der Waals surface area contributed by atoms with Gasteiger partial charge in [0, 0.05) is 24.1 Å². The Labute approximate surface area is 179 Å². The Morgan fingerprint density at radius 1 is 1.07 bits per heavy atom. The summed E-state index contributed by atoms with van der Waals surface area (Å²) in [4.78, 5) is 25.0. The number of likely N-dealkylation sites (tertiary alicyclic amines) is 1. The molecule has 1 heterocycles. The first-order chi connectivity index (χ1) is 14.4. The molecule has 0 aromatic heterocycles. The van der Waals surface area contributed by atoms with Crippen LogP contribution < -0.4 is 5.32 Å². The standard InChI is InChI=1S/C25H32N2O3/c1-4-24(29)30-22-14-9-15-27(17-22,16-21-12-6-5-7-13-21)18-23(28)26-25-19(2)10-8-11-20(25)3/h5-8,10-13,22H,4,9,14-18H2,1-3H3/p+1. The van der Waals surface area contributed by atoms with Crippen molar-refractivity contribution in [1.29, 1.82) is 0 Å². The number of anilines is 1. The maximum absolute atomic E-state index is 13.1. The first-order valence-corrected chi connectivity index (χ1v) is 10.9. The second kappa shape index (κ2) is 9.90. The molecule has 1 aliphatic heterocycles. The van der Waals surface area contributed by atoms with E-state index in [1.807, 2.05) is 57.2 Å². The summed E-state index contributed by atoms with van der Waals surface area (Å²) in [7, 11) is 0. The average molecular weight is 410 g/mol. The van der Waals surface area contributed by atoms with Gasteiger partial charge in [0.2, 0.25) is 0 Å². The molecule has 1 amide bonds. The van der Waals surface area contributed by atoms with Crippen molar-refractivity contribution in [3.05, 3.63) is 65.2 Å². The third-order valence-electron chi connectivity index (χ3n) is 5.92. The van der Waals surface area contributed by atoms with Gasteiger partial charge >= 0.3 is 5.97 Å². The largest absolute Gasteiger partial charge is 0.456 e. The summed E-state index contributed by atoms with van der Waals surface area (Å²) in [6, 6.07) is 16.3. The van der Waals surface area contributed by atoms with E-state index in [0.29, 0.717) is 24.0 Å². The molecule has 3 rings (SSSR count). The predicted octanol–water partition coefficient (Wildman–Crippen LogP) is 4.37. The molecule has 1 aliphatic rings. The molecule has 2 unspecified atom stereocenters. The predicted molar refractivity (Wildman–Crippen MR) is 119 cm³/mol. The van der Waals surface area contributed by atoms with E-state index in [4.69, 9.17) is 4.74 Å². The number of amides is 1. The third-order valence-corrected chi connectivity index (χ3v) is 5.92. The number of quaternary nitrogens is 1. The van der Waals surface area contributed by atoms with Crippen LogP contribution in [0.3, 0.4) is 0 Å². The summed E-state index contributed by atoms with van der Waals surface area (Å²) in [5.41, 5.74) is 4.21. The molecule has 2 aromatic rings.